The first-order chi connectivity index (χ1) is 9.65. The number of piperidine rings is 1. The molecule has 0 aromatic heterocycles. The second-order valence-corrected chi connectivity index (χ2v) is 7.00. The highest BCUT2D eigenvalue weighted by molar-refractivity contribution is 7.80. The number of nitrogens with zero attached hydrogens (tertiary/aromatic N) is 1. The predicted octanol–water partition coefficient (Wildman–Crippen LogP) is 0.834. The van der Waals surface area contributed by atoms with Gasteiger partial charge in [0.2, 0.25) is 0 Å². The van der Waals surface area contributed by atoms with E-state index in [0.29, 0.717) is 18.3 Å². The van der Waals surface area contributed by atoms with Gasteiger partial charge in [0.15, 0.2) is 0 Å². The third-order valence-electron chi connectivity index (χ3n) is 5.25. The van der Waals surface area contributed by atoms with E-state index < -0.39 is 6.10 Å². The highest BCUT2D eigenvalue weighted by Gasteiger charge is 2.37. The van der Waals surface area contributed by atoms with Crippen molar-refractivity contribution in [3.8, 4) is 0 Å². The molecule has 1 heterocycles. The zero-order chi connectivity index (χ0) is 14.5. The minimum Gasteiger partial charge on any atom is -0.390 e. The topological polar surface area (TPSA) is 75.5 Å². The summed E-state index contributed by atoms with van der Waals surface area (Å²) in [4.78, 5) is 2.45. The number of hydrogen-bond acceptors (Lipinski definition) is 5. The van der Waals surface area contributed by atoms with E-state index in [1.54, 1.807) is 0 Å². The van der Waals surface area contributed by atoms with Crippen LogP contribution in [0.25, 0.3) is 0 Å². The summed E-state index contributed by atoms with van der Waals surface area (Å²) in [6.07, 6.45) is 7.31. The zero-order valence-electron chi connectivity index (χ0n) is 12.5. The molecular weight excluding hydrogens is 270 g/mol. The van der Waals surface area contributed by atoms with E-state index in [-0.39, 0.29) is 6.04 Å². The normalized spacial score (nSPS) is 34.5. The molecule has 2 aliphatic rings. The Morgan fingerprint density at radius 2 is 1.95 bits per heavy atom. The van der Waals surface area contributed by atoms with Gasteiger partial charge in [-0.1, -0.05) is 19.3 Å². The van der Waals surface area contributed by atoms with Gasteiger partial charge < -0.3 is 16.6 Å². The van der Waals surface area contributed by atoms with Crippen molar-refractivity contribution in [3.63, 3.8) is 0 Å². The number of β-amino-alcohol motifs (C(OH)–C–C–N with tert-alkyl or cyclic N) is 1. The summed E-state index contributed by atoms with van der Waals surface area (Å²) in [7, 11) is 0. The van der Waals surface area contributed by atoms with Crippen molar-refractivity contribution in [2.45, 2.75) is 56.7 Å². The van der Waals surface area contributed by atoms with E-state index in [1.165, 1.54) is 32.1 Å². The Hall–Kier alpha value is 0.190. The Bertz CT molecular complexity index is 290. The van der Waals surface area contributed by atoms with E-state index in [4.69, 9.17) is 11.5 Å². The Labute approximate surface area is 128 Å². The standard InChI is InChI=1S/C15H31N3OS/c16-6-5-13-7-11-3-1-2-4-12(11)8-18(13)9-15(19)14(17)10-20/h11-15,19-20H,1-10,16-17H2/t11?,12?,13-,14?,15?/m1/s1. The molecule has 1 saturated heterocycles. The van der Waals surface area contributed by atoms with Crippen molar-refractivity contribution in [1.29, 1.82) is 0 Å². The van der Waals surface area contributed by atoms with Crippen LogP contribution in [0.4, 0.5) is 0 Å². The van der Waals surface area contributed by atoms with Gasteiger partial charge in [0, 0.05) is 30.9 Å². The average Bonchev–Trinajstić information content (AvgIpc) is 2.47. The molecule has 118 valence electrons. The molecule has 1 aliphatic carbocycles. The lowest BCUT2D eigenvalue weighted by atomic mass is 9.72. The number of rotatable bonds is 6. The second kappa shape index (κ2) is 7.99. The Morgan fingerprint density at radius 1 is 1.25 bits per heavy atom. The first kappa shape index (κ1) is 16.6. The van der Waals surface area contributed by atoms with Crippen LogP contribution < -0.4 is 11.5 Å². The van der Waals surface area contributed by atoms with E-state index in [9.17, 15) is 5.11 Å². The zero-order valence-corrected chi connectivity index (χ0v) is 13.3. The minimum atomic E-state index is -0.479. The molecule has 4 nitrogen and oxygen atoms in total. The summed E-state index contributed by atoms with van der Waals surface area (Å²) in [5, 5.41) is 10.2. The van der Waals surface area contributed by atoms with Crippen molar-refractivity contribution in [3.05, 3.63) is 0 Å². The van der Waals surface area contributed by atoms with Gasteiger partial charge in [0.25, 0.3) is 0 Å². The van der Waals surface area contributed by atoms with Crippen LogP contribution in [0.3, 0.4) is 0 Å². The summed E-state index contributed by atoms with van der Waals surface area (Å²) in [5.74, 6) is 2.23. The lowest BCUT2D eigenvalue weighted by Gasteiger charge is -2.47. The van der Waals surface area contributed by atoms with Crippen molar-refractivity contribution in [2.75, 3.05) is 25.4 Å². The van der Waals surface area contributed by atoms with Crippen LogP contribution in [0.5, 0.6) is 0 Å². The molecule has 0 amide bonds. The minimum absolute atomic E-state index is 0.235. The maximum absolute atomic E-state index is 10.2. The lowest BCUT2D eigenvalue weighted by Crippen LogP contribution is -2.54. The lowest BCUT2D eigenvalue weighted by molar-refractivity contribution is 0.00115. The van der Waals surface area contributed by atoms with Crippen molar-refractivity contribution in [1.82, 2.24) is 4.90 Å². The number of likely N-dealkylation sites (tertiary alicyclic amines) is 1. The number of hydrogen-bond donors (Lipinski definition) is 4. The van der Waals surface area contributed by atoms with Crippen LogP contribution in [0.15, 0.2) is 0 Å². The number of aliphatic hydroxyl groups is 1. The van der Waals surface area contributed by atoms with E-state index in [0.717, 1.165) is 31.3 Å². The number of thiol groups is 1. The average molecular weight is 302 g/mol. The highest BCUT2D eigenvalue weighted by atomic mass is 32.1. The second-order valence-electron chi connectivity index (χ2n) is 6.64. The maximum atomic E-state index is 10.2. The Balaban J connectivity index is 1.96. The van der Waals surface area contributed by atoms with Crippen molar-refractivity contribution in [2.24, 2.45) is 23.3 Å². The van der Waals surface area contributed by atoms with Gasteiger partial charge in [-0.25, -0.2) is 0 Å². The Morgan fingerprint density at radius 3 is 2.60 bits per heavy atom. The molecule has 0 aromatic carbocycles. The van der Waals surface area contributed by atoms with Gasteiger partial charge in [-0.15, -0.1) is 0 Å². The molecular formula is C15H31N3OS. The van der Waals surface area contributed by atoms with Gasteiger partial charge in [0.05, 0.1) is 6.10 Å². The van der Waals surface area contributed by atoms with Crippen LogP contribution in [0.1, 0.15) is 38.5 Å². The third kappa shape index (κ3) is 4.10. The fourth-order valence-corrected chi connectivity index (χ4v) is 4.24. The van der Waals surface area contributed by atoms with Gasteiger partial charge in [-0.3, -0.25) is 4.90 Å². The smallest absolute Gasteiger partial charge is 0.0825 e. The fraction of sp³-hybridized carbons (Fsp3) is 1.00. The van der Waals surface area contributed by atoms with Gasteiger partial charge in [0.1, 0.15) is 0 Å². The summed E-state index contributed by atoms with van der Waals surface area (Å²) in [6, 6.07) is 0.294. The molecule has 5 heteroatoms. The summed E-state index contributed by atoms with van der Waals surface area (Å²) < 4.78 is 0. The number of nitrogens with two attached hydrogens (primary N) is 2. The van der Waals surface area contributed by atoms with Crippen LogP contribution in [-0.4, -0.2) is 53.6 Å². The summed E-state index contributed by atoms with van der Waals surface area (Å²) in [5.41, 5.74) is 11.7. The molecule has 4 unspecified atom stereocenters. The predicted molar refractivity (Wildman–Crippen MR) is 86.9 cm³/mol. The molecule has 0 spiro atoms. The van der Waals surface area contributed by atoms with E-state index in [2.05, 4.69) is 17.5 Å². The van der Waals surface area contributed by atoms with Crippen LogP contribution in [0, 0.1) is 11.8 Å². The Kier molecular flexibility index (Phi) is 6.62. The molecule has 20 heavy (non-hydrogen) atoms. The molecule has 0 bridgehead atoms. The maximum Gasteiger partial charge on any atom is 0.0825 e. The SMILES string of the molecule is NCC[C@@H]1CC2CCCCC2CN1CC(O)C(N)CS. The summed E-state index contributed by atoms with van der Waals surface area (Å²) in [6.45, 7) is 2.52. The van der Waals surface area contributed by atoms with Gasteiger partial charge >= 0.3 is 0 Å². The molecule has 0 aromatic rings. The fourth-order valence-electron chi connectivity index (χ4n) is 4.00. The molecule has 1 saturated carbocycles. The molecule has 1 aliphatic heterocycles. The molecule has 0 radical (unpaired) electrons. The highest BCUT2D eigenvalue weighted by Crippen LogP contribution is 2.39. The first-order valence-corrected chi connectivity index (χ1v) is 8.77. The van der Waals surface area contributed by atoms with Crippen molar-refractivity contribution < 1.29 is 5.11 Å². The van der Waals surface area contributed by atoms with Gasteiger partial charge in [-0.2, -0.15) is 12.6 Å². The van der Waals surface area contributed by atoms with E-state index in [1.807, 2.05) is 0 Å². The largest absolute Gasteiger partial charge is 0.390 e. The van der Waals surface area contributed by atoms with Crippen molar-refractivity contribution >= 4 is 12.6 Å². The molecule has 5 N–H and O–H groups in total. The number of aliphatic hydroxyl groups excluding tert-OH is 1. The van der Waals surface area contributed by atoms with Crippen LogP contribution >= 0.6 is 12.6 Å². The molecule has 2 fully saturated rings. The van der Waals surface area contributed by atoms with Gasteiger partial charge in [-0.05, 0) is 37.6 Å². The van der Waals surface area contributed by atoms with Crippen LogP contribution in [-0.2, 0) is 0 Å². The van der Waals surface area contributed by atoms with Crippen LogP contribution in [0.2, 0.25) is 0 Å². The first-order valence-electron chi connectivity index (χ1n) is 8.14. The molecule has 2 rings (SSSR count). The summed E-state index contributed by atoms with van der Waals surface area (Å²) >= 11 is 4.19. The third-order valence-corrected chi connectivity index (χ3v) is 5.67. The quantitative estimate of drug-likeness (QED) is 0.548. The number of fused-ring (bicyclic) bond motifs is 1. The van der Waals surface area contributed by atoms with E-state index >= 15 is 0 Å². The molecule has 5 atom stereocenters. The monoisotopic (exact) mass is 301 g/mol.